The predicted octanol–water partition coefficient (Wildman–Crippen LogP) is 4.09. The van der Waals surface area contributed by atoms with Crippen molar-refractivity contribution in [3.05, 3.63) is 35.4 Å². The quantitative estimate of drug-likeness (QED) is 0.343. The second-order valence-electron chi connectivity index (χ2n) is 7.22. The summed E-state index contributed by atoms with van der Waals surface area (Å²) in [5, 5.41) is 7.89. The molecule has 4 nitrogen and oxygen atoms in total. The smallest absolute Gasteiger partial charge is 0.191 e. The van der Waals surface area contributed by atoms with Gasteiger partial charge in [0.05, 0.1) is 0 Å². The molecule has 148 valence electrons. The number of guanidine groups is 1. The van der Waals surface area contributed by atoms with Crippen LogP contribution in [-0.2, 0) is 13.1 Å². The van der Waals surface area contributed by atoms with Gasteiger partial charge in [-0.15, -0.1) is 24.0 Å². The van der Waals surface area contributed by atoms with Gasteiger partial charge in [-0.2, -0.15) is 11.8 Å². The fraction of sp³-hybridized carbons (Fsp3) is 0.650. The highest BCUT2D eigenvalue weighted by Crippen LogP contribution is 2.28. The van der Waals surface area contributed by atoms with Gasteiger partial charge >= 0.3 is 0 Å². The largest absolute Gasteiger partial charge is 0.354 e. The van der Waals surface area contributed by atoms with Crippen LogP contribution in [0.15, 0.2) is 29.3 Å². The van der Waals surface area contributed by atoms with Crippen molar-refractivity contribution in [3.63, 3.8) is 0 Å². The van der Waals surface area contributed by atoms with Crippen LogP contribution < -0.4 is 10.6 Å². The van der Waals surface area contributed by atoms with Gasteiger partial charge < -0.3 is 10.6 Å². The van der Waals surface area contributed by atoms with Crippen molar-refractivity contribution >= 4 is 41.7 Å². The molecule has 2 atom stereocenters. The fourth-order valence-corrected chi connectivity index (χ4v) is 3.98. The zero-order valence-corrected chi connectivity index (χ0v) is 19.9. The van der Waals surface area contributed by atoms with Crippen molar-refractivity contribution < 1.29 is 0 Å². The Hall–Kier alpha value is -0.470. The molecule has 1 fully saturated rings. The molecule has 0 aromatic heterocycles. The monoisotopic (exact) mass is 490 g/mol. The third-order valence-corrected chi connectivity index (χ3v) is 6.24. The zero-order chi connectivity index (χ0) is 18.2. The van der Waals surface area contributed by atoms with Gasteiger partial charge in [0.15, 0.2) is 5.96 Å². The van der Waals surface area contributed by atoms with Gasteiger partial charge in [-0.3, -0.25) is 9.89 Å². The maximum Gasteiger partial charge on any atom is 0.191 e. The van der Waals surface area contributed by atoms with E-state index in [0.717, 1.165) is 24.3 Å². The summed E-state index contributed by atoms with van der Waals surface area (Å²) in [6, 6.07) is 9.77. The van der Waals surface area contributed by atoms with E-state index in [-0.39, 0.29) is 24.0 Å². The molecule has 0 radical (unpaired) electrons. The molecule has 1 aromatic carbocycles. The summed E-state index contributed by atoms with van der Waals surface area (Å²) in [7, 11) is 4.03. The molecule has 2 rings (SSSR count). The van der Waals surface area contributed by atoms with Crippen LogP contribution in [0.2, 0.25) is 0 Å². The average Bonchev–Trinajstić information content (AvgIpc) is 3.07. The van der Waals surface area contributed by atoms with Gasteiger partial charge in [-0.25, -0.2) is 0 Å². The minimum atomic E-state index is 0. The van der Waals surface area contributed by atoms with Crippen molar-refractivity contribution in [1.29, 1.82) is 0 Å². The Kier molecular flexibility index (Phi) is 11.0. The van der Waals surface area contributed by atoms with E-state index >= 15 is 0 Å². The molecule has 0 amide bonds. The first-order valence-electron chi connectivity index (χ1n) is 9.30. The minimum Gasteiger partial charge on any atom is -0.354 e. The minimum absolute atomic E-state index is 0. The second-order valence-corrected chi connectivity index (χ2v) is 8.35. The molecule has 1 saturated carbocycles. The molecule has 1 aromatic rings. The van der Waals surface area contributed by atoms with Gasteiger partial charge in [0.1, 0.15) is 0 Å². The van der Waals surface area contributed by atoms with Crippen molar-refractivity contribution in [2.24, 2.45) is 4.99 Å². The summed E-state index contributed by atoms with van der Waals surface area (Å²) < 4.78 is 0. The summed E-state index contributed by atoms with van der Waals surface area (Å²) in [5.41, 5.74) is 2.72. The lowest BCUT2D eigenvalue weighted by molar-refractivity contribution is 0.265. The van der Waals surface area contributed by atoms with E-state index in [2.05, 4.69) is 71.9 Å². The van der Waals surface area contributed by atoms with E-state index in [4.69, 9.17) is 0 Å². The van der Waals surface area contributed by atoms with Crippen LogP contribution >= 0.6 is 35.7 Å². The number of thioether (sulfide) groups is 1. The Morgan fingerprint density at radius 1 is 1.27 bits per heavy atom. The fourth-order valence-electron chi connectivity index (χ4n) is 3.19. The maximum atomic E-state index is 4.41. The van der Waals surface area contributed by atoms with E-state index in [9.17, 15) is 0 Å². The highest BCUT2D eigenvalue weighted by atomic mass is 127. The molecule has 0 heterocycles. The molecule has 6 heteroatoms. The normalized spacial score (nSPS) is 20.3. The predicted molar refractivity (Wildman–Crippen MR) is 127 cm³/mol. The van der Waals surface area contributed by atoms with Gasteiger partial charge in [0.2, 0.25) is 0 Å². The van der Waals surface area contributed by atoms with Gasteiger partial charge in [-0.05, 0) is 57.5 Å². The first-order chi connectivity index (χ1) is 12.0. The lowest BCUT2D eigenvalue weighted by Crippen LogP contribution is -2.42. The first-order valence-corrected chi connectivity index (χ1v) is 10.6. The number of nitrogens with zero attached hydrogens (tertiary/aromatic N) is 2. The van der Waals surface area contributed by atoms with Crippen molar-refractivity contribution in [3.8, 4) is 0 Å². The Balaban J connectivity index is 0.00000338. The third-order valence-electron chi connectivity index (χ3n) is 5.15. The average molecular weight is 490 g/mol. The Morgan fingerprint density at radius 3 is 2.54 bits per heavy atom. The van der Waals surface area contributed by atoms with E-state index in [1.807, 2.05) is 18.8 Å². The molecule has 0 saturated heterocycles. The molecule has 0 bridgehead atoms. The van der Waals surface area contributed by atoms with Gasteiger partial charge in [0, 0.05) is 37.5 Å². The molecule has 0 aliphatic heterocycles. The summed E-state index contributed by atoms with van der Waals surface area (Å²) in [4.78, 5) is 6.78. The standard InChI is InChI=1S/C20H34N4S.HI/c1-15(2)24(4)14-17-9-7-6-8-16(17)13-22-20(21-3)23-18-10-11-19(12-18)25-5;/h6-9,15,18-19H,10-14H2,1-5H3,(H2,21,22,23);1H. The SMILES string of the molecule is CN=C(NCc1ccccc1CN(C)C(C)C)NC1CCC(SC)C1.I. The van der Waals surface area contributed by atoms with Crippen molar-refractivity contribution in [1.82, 2.24) is 15.5 Å². The van der Waals surface area contributed by atoms with Crippen LogP contribution in [0.4, 0.5) is 0 Å². The Bertz CT molecular complexity index is 564. The number of benzene rings is 1. The molecular weight excluding hydrogens is 455 g/mol. The molecule has 2 N–H and O–H groups in total. The molecule has 26 heavy (non-hydrogen) atoms. The van der Waals surface area contributed by atoms with E-state index in [1.165, 1.54) is 30.4 Å². The number of nitrogens with one attached hydrogen (secondary N) is 2. The molecular formula is C20H35IN4S. The lowest BCUT2D eigenvalue weighted by Gasteiger charge is -2.23. The number of halogens is 1. The molecule has 1 aliphatic rings. The van der Waals surface area contributed by atoms with Gasteiger partial charge in [0.25, 0.3) is 0 Å². The highest BCUT2D eigenvalue weighted by Gasteiger charge is 2.24. The van der Waals surface area contributed by atoms with E-state index in [0.29, 0.717) is 12.1 Å². The number of rotatable bonds is 7. The molecule has 1 aliphatic carbocycles. The van der Waals surface area contributed by atoms with Crippen molar-refractivity contribution in [2.75, 3.05) is 20.4 Å². The summed E-state index contributed by atoms with van der Waals surface area (Å²) in [6.07, 6.45) is 5.99. The Labute approximate surface area is 181 Å². The van der Waals surface area contributed by atoms with Crippen LogP contribution in [0.1, 0.15) is 44.2 Å². The number of aliphatic imine (C=N–C) groups is 1. The zero-order valence-electron chi connectivity index (χ0n) is 16.8. The summed E-state index contributed by atoms with van der Waals surface area (Å²) >= 11 is 1.99. The molecule has 2 unspecified atom stereocenters. The maximum absolute atomic E-state index is 4.41. The third kappa shape index (κ3) is 7.27. The summed E-state index contributed by atoms with van der Waals surface area (Å²) in [6.45, 7) is 6.24. The van der Waals surface area contributed by atoms with Crippen LogP contribution in [0, 0.1) is 0 Å². The number of hydrogen-bond acceptors (Lipinski definition) is 3. The topological polar surface area (TPSA) is 39.7 Å². The van der Waals surface area contributed by atoms with Crippen LogP contribution in [0.5, 0.6) is 0 Å². The van der Waals surface area contributed by atoms with Crippen LogP contribution in [-0.4, -0.2) is 48.5 Å². The van der Waals surface area contributed by atoms with Crippen LogP contribution in [0.25, 0.3) is 0 Å². The number of hydrogen-bond donors (Lipinski definition) is 2. The lowest BCUT2D eigenvalue weighted by atomic mass is 10.1. The second kappa shape index (κ2) is 12.1. The first kappa shape index (κ1) is 23.6. The van der Waals surface area contributed by atoms with Gasteiger partial charge in [-0.1, -0.05) is 24.3 Å². The van der Waals surface area contributed by atoms with Crippen LogP contribution in [0.3, 0.4) is 0 Å². The highest BCUT2D eigenvalue weighted by molar-refractivity contribution is 14.0. The van der Waals surface area contributed by atoms with E-state index in [1.54, 1.807) is 0 Å². The molecule has 0 spiro atoms. The summed E-state index contributed by atoms with van der Waals surface area (Å²) in [5.74, 6) is 0.916. The van der Waals surface area contributed by atoms with Crippen molar-refractivity contribution in [2.45, 2.75) is 63.5 Å². The Morgan fingerprint density at radius 2 is 1.96 bits per heavy atom. The van der Waals surface area contributed by atoms with E-state index < -0.39 is 0 Å².